The third-order valence-electron chi connectivity index (χ3n) is 5.52. The average molecular weight is 399 g/mol. The number of esters is 1. The monoisotopic (exact) mass is 399 g/mol. The highest BCUT2D eigenvalue weighted by molar-refractivity contribution is 6.06. The van der Waals surface area contributed by atoms with Gasteiger partial charge in [0, 0.05) is 11.6 Å². The van der Waals surface area contributed by atoms with Gasteiger partial charge in [-0.05, 0) is 30.4 Å². The van der Waals surface area contributed by atoms with Gasteiger partial charge < -0.3 is 9.47 Å². The molecule has 2 aliphatic carbocycles. The van der Waals surface area contributed by atoms with Crippen molar-refractivity contribution in [2.45, 2.75) is 6.42 Å². The Morgan fingerprint density at radius 1 is 1.28 bits per heavy atom. The number of carbonyl (C=O) groups is 3. The van der Waals surface area contributed by atoms with Crippen LogP contribution < -0.4 is 4.74 Å². The molecule has 3 aliphatic rings. The number of amides is 2. The Morgan fingerprint density at radius 2 is 1.93 bits per heavy atom. The smallest absolute Gasteiger partial charge is 0.343 e. The Morgan fingerprint density at radius 3 is 2.52 bits per heavy atom. The summed E-state index contributed by atoms with van der Waals surface area (Å²) in [7, 11) is 1.18. The van der Waals surface area contributed by atoms with E-state index in [9.17, 15) is 24.5 Å². The van der Waals surface area contributed by atoms with Crippen LogP contribution in [0.2, 0.25) is 0 Å². The summed E-state index contributed by atoms with van der Waals surface area (Å²) in [5.41, 5.74) is -0.0723. The van der Waals surface area contributed by atoms with Crippen molar-refractivity contribution in [3.05, 3.63) is 46.0 Å². The number of benzene rings is 1. The number of allylic oxidation sites excluding steroid dienone is 2. The fourth-order valence-corrected chi connectivity index (χ4v) is 4.20. The minimum Gasteiger partial charge on any atom is -0.475 e. The predicted octanol–water partition coefficient (Wildman–Crippen LogP) is 1.29. The number of nitro benzene ring substituents is 1. The van der Waals surface area contributed by atoms with Crippen LogP contribution in [-0.4, -0.2) is 47.6 Å². The molecule has 2 fully saturated rings. The van der Waals surface area contributed by atoms with Crippen molar-refractivity contribution < 1.29 is 28.8 Å². The third kappa shape index (κ3) is 3.16. The van der Waals surface area contributed by atoms with Crippen LogP contribution in [0.5, 0.6) is 5.75 Å². The number of carbonyl (C=O) groups excluding carboxylic acids is 3. The van der Waals surface area contributed by atoms with Crippen LogP contribution in [0.15, 0.2) is 35.5 Å². The Kier molecular flexibility index (Phi) is 4.61. The summed E-state index contributed by atoms with van der Waals surface area (Å²) < 4.78 is 9.55. The second kappa shape index (κ2) is 7.12. The number of rotatable bonds is 6. The highest BCUT2D eigenvalue weighted by Crippen LogP contribution is 2.52. The molecule has 1 aromatic carbocycles. The first-order chi connectivity index (χ1) is 13.9. The second-order valence-corrected chi connectivity index (χ2v) is 7.08. The normalized spacial score (nSPS) is 27.0. The van der Waals surface area contributed by atoms with Gasteiger partial charge in [-0.3, -0.25) is 19.7 Å². The Hall–Kier alpha value is -3.56. The Balaban J connectivity index is 1.52. The number of methoxy groups -OCH3 is 1. The van der Waals surface area contributed by atoms with Crippen LogP contribution in [-0.2, 0) is 19.1 Å². The summed E-state index contributed by atoms with van der Waals surface area (Å²) >= 11 is 0. The molecule has 1 aromatic rings. The van der Waals surface area contributed by atoms with Crippen LogP contribution in [0, 0.1) is 33.8 Å². The van der Waals surface area contributed by atoms with Crippen LogP contribution >= 0.6 is 0 Å². The molecule has 1 saturated heterocycles. The van der Waals surface area contributed by atoms with Crippen molar-refractivity contribution >= 4 is 29.7 Å². The first kappa shape index (κ1) is 18.8. The molecular formula is C19H17N3O7. The summed E-state index contributed by atoms with van der Waals surface area (Å²) in [6, 6.07) is 3.97. The summed E-state index contributed by atoms with van der Waals surface area (Å²) in [5, 5.41) is 16.2. The maximum absolute atomic E-state index is 12.6. The lowest BCUT2D eigenvalue weighted by Gasteiger charge is -2.13. The zero-order valence-electron chi connectivity index (χ0n) is 15.4. The van der Waals surface area contributed by atoms with Gasteiger partial charge >= 0.3 is 11.7 Å². The molecule has 10 nitrogen and oxygen atoms in total. The molecule has 2 bridgehead atoms. The summed E-state index contributed by atoms with van der Waals surface area (Å²) in [6.45, 7) is -0.472. The highest BCUT2D eigenvalue weighted by atomic mass is 16.6. The maximum Gasteiger partial charge on any atom is 0.343 e. The number of hydrogen-bond acceptors (Lipinski definition) is 8. The van der Waals surface area contributed by atoms with Crippen molar-refractivity contribution in [3.8, 4) is 5.75 Å². The molecule has 29 heavy (non-hydrogen) atoms. The molecule has 0 aromatic heterocycles. The Labute approximate surface area is 164 Å². The standard InChI is InChI=1S/C19H17N3O7/c1-28-15(23)9-29-14-5-2-10(6-13(14)22(26)27)8-20-21-18(24)16-11-3-4-12(7-11)17(16)19(21)25/h2-6,8,11-12,16-17H,7,9H2,1H3/t11-,12-,16-,17+/m0/s1. The number of nitro groups is 1. The lowest BCUT2D eigenvalue weighted by Crippen LogP contribution is -2.28. The summed E-state index contributed by atoms with van der Waals surface area (Å²) in [4.78, 5) is 47.0. The third-order valence-corrected chi connectivity index (χ3v) is 5.52. The molecule has 0 spiro atoms. The van der Waals surface area contributed by atoms with Gasteiger partial charge in [-0.15, -0.1) is 0 Å². The number of nitrogens with zero attached hydrogens (tertiary/aromatic N) is 3. The molecule has 1 saturated carbocycles. The van der Waals surface area contributed by atoms with Crippen molar-refractivity contribution in [3.63, 3.8) is 0 Å². The maximum atomic E-state index is 12.6. The van der Waals surface area contributed by atoms with Gasteiger partial charge in [0.15, 0.2) is 12.4 Å². The molecule has 0 unspecified atom stereocenters. The second-order valence-electron chi connectivity index (χ2n) is 7.08. The first-order valence-electron chi connectivity index (χ1n) is 8.99. The van der Waals surface area contributed by atoms with E-state index in [1.165, 1.54) is 31.5 Å². The molecule has 1 aliphatic heterocycles. The molecule has 150 valence electrons. The molecule has 0 N–H and O–H groups in total. The van der Waals surface area contributed by atoms with E-state index in [1.807, 2.05) is 12.2 Å². The zero-order valence-corrected chi connectivity index (χ0v) is 15.4. The first-order valence-corrected chi connectivity index (χ1v) is 8.99. The predicted molar refractivity (Wildman–Crippen MR) is 97.8 cm³/mol. The van der Waals surface area contributed by atoms with E-state index < -0.39 is 17.5 Å². The van der Waals surface area contributed by atoms with Gasteiger partial charge in [0.2, 0.25) is 0 Å². The van der Waals surface area contributed by atoms with E-state index in [1.54, 1.807) is 0 Å². The van der Waals surface area contributed by atoms with Crippen LogP contribution in [0.3, 0.4) is 0 Å². The van der Waals surface area contributed by atoms with Gasteiger partial charge in [-0.2, -0.15) is 10.1 Å². The van der Waals surface area contributed by atoms with E-state index in [0.717, 1.165) is 11.4 Å². The Bertz CT molecular complexity index is 941. The van der Waals surface area contributed by atoms with Crippen molar-refractivity contribution in [1.29, 1.82) is 0 Å². The molecule has 0 radical (unpaired) electrons. The van der Waals surface area contributed by atoms with Gasteiger partial charge in [-0.25, -0.2) is 4.79 Å². The van der Waals surface area contributed by atoms with Gasteiger partial charge in [0.25, 0.3) is 11.8 Å². The van der Waals surface area contributed by atoms with Crippen LogP contribution in [0.1, 0.15) is 12.0 Å². The van der Waals surface area contributed by atoms with E-state index in [0.29, 0.717) is 5.56 Å². The van der Waals surface area contributed by atoms with Gasteiger partial charge in [0.1, 0.15) is 0 Å². The van der Waals surface area contributed by atoms with Gasteiger partial charge in [-0.1, -0.05) is 12.2 Å². The molecule has 4 atom stereocenters. The minimum absolute atomic E-state index is 0.0778. The summed E-state index contributed by atoms with van der Waals surface area (Å²) in [6.07, 6.45) is 6.02. The average Bonchev–Trinajstić information content (AvgIpc) is 3.39. The van der Waals surface area contributed by atoms with Crippen LogP contribution in [0.4, 0.5) is 5.69 Å². The van der Waals surface area contributed by atoms with Crippen molar-refractivity contribution in [1.82, 2.24) is 5.01 Å². The lowest BCUT2D eigenvalue weighted by atomic mass is 9.85. The fourth-order valence-electron chi connectivity index (χ4n) is 4.20. The van der Waals surface area contributed by atoms with Crippen LogP contribution in [0.25, 0.3) is 0 Å². The number of fused-ring (bicyclic) bond motifs is 5. The summed E-state index contributed by atoms with van der Waals surface area (Å²) in [5.74, 6) is -2.02. The van der Waals surface area contributed by atoms with E-state index >= 15 is 0 Å². The lowest BCUT2D eigenvalue weighted by molar-refractivity contribution is -0.385. The number of imide groups is 1. The number of ether oxygens (including phenoxy) is 2. The molecule has 10 heteroatoms. The van der Waals surface area contributed by atoms with Crippen molar-refractivity contribution in [2.75, 3.05) is 13.7 Å². The number of hydrazone groups is 1. The topological polar surface area (TPSA) is 128 Å². The molecular weight excluding hydrogens is 382 g/mol. The highest BCUT2D eigenvalue weighted by Gasteiger charge is 2.59. The minimum atomic E-state index is -0.676. The quantitative estimate of drug-likeness (QED) is 0.176. The van der Waals surface area contributed by atoms with Gasteiger partial charge in [0.05, 0.1) is 30.1 Å². The zero-order chi connectivity index (χ0) is 20.7. The SMILES string of the molecule is COC(=O)COc1ccc(C=NN2C(=O)[C@@H]3[C@H](C2=O)[C@H]2C=C[C@H]3C2)cc1[N+](=O)[O-]. The largest absolute Gasteiger partial charge is 0.475 e. The molecule has 4 rings (SSSR count). The number of hydrogen-bond donors (Lipinski definition) is 0. The molecule has 2 amide bonds. The van der Waals surface area contributed by atoms with E-state index in [-0.39, 0.29) is 46.9 Å². The fraction of sp³-hybridized carbons (Fsp3) is 0.368. The van der Waals surface area contributed by atoms with Crippen molar-refractivity contribution in [2.24, 2.45) is 28.8 Å². The van der Waals surface area contributed by atoms with E-state index in [4.69, 9.17) is 4.74 Å². The van der Waals surface area contributed by atoms with E-state index in [2.05, 4.69) is 9.84 Å². The molecule has 1 heterocycles.